The molecule has 2 nitrogen and oxygen atoms in total. The molecular formula is C8H6F2O2. The molecule has 0 fully saturated rings. The molecule has 1 aromatic rings. The molecule has 64 valence electrons. The molecule has 1 atom stereocenters. The van der Waals surface area contributed by atoms with Gasteiger partial charge < -0.3 is 9.90 Å². The lowest BCUT2D eigenvalue weighted by molar-refractivity contribution is -0.115. The van der Waals surface area contributed by atoms with Gasteiger partial charge in [0.1, 0.15) is 17.7 Å². The number of halogens is 2. The summed E-state index contributed by atoms with van der Waals surface area (Å²) < 4.78 is 25.0. The number of hydrogen-bond acceptors (Lipinski definition) is 2. The average molecular weight is 172 g/mol. The number of benzene rings is 1. The van der Waals surface area contributed by atoms with Crippen molar-refractivity contribution in [2.45, 2.75) is 6.10 Å². The zero-order valence-corrected chi connectivity index (χ0v) is 6.00. The maximum atomic E-state index is 12.7. The lowest BCUT2D eigenvalue weighted by Crippen LogP contribution is -2.01. The number of rotatable bonds is 2. The smallest absolute Gasteiger partial charge is 0.153 e. The third-order valence-corrected chi connectivity index (χ3v) is 1.41. The normalized spacial score (nSPS) is 12.6. The Morgan fingerprint density at radius 2 is 2.08 bits per heavy atom. The molecule has 0 saturated carbocycles. The fourth-order valence-electron chi connectivity index (χ4n) is 0.815. The van der Waals surface area contributed by atoms with Gasteiger partial charge in [0.05, 0.1) is 0 Å². The Kier molecular flexibility index (Phi) is 2.50. The van der Waals surface area contributed by atoms with Gasteiger partial charge in [0, 0.05) is 11.6 Å². The molecule has 1 aromatic carbocycles. The first kappa shape index (κ1) is 8.80. The predicted octanol–water partition coefficient (Wildman–Crippen LogP) is 1.20. The Hall–Kier alpha value is -1.29. The second-order valence-electron chi connectivity index (χ2n) is 2.25. The molecule has 12 heavy (non-hydrogen) atoms. The van der Waals surface area contributed by atoms with Crippen molar-refractivity contribution in [3.05, 3.63) is 35.4 Å². The molecule has 0 spiro atoms. The minimum absolute atomic E-state index is 0.177. The summed E-state index contributed by atoms with van der Waals surface area (Å²) in [6.45, 7) is 0. The lowest BCUT2D eigenvalue weighted by atomic mass is 10.1. The summed E-state index contributed by atoms with van der Waals surface area (Å²) in [6, 6.07) is 2.62. The monoisotopic (exact) mass is 172 g/mol. The molecule has 0 aromatic heterocycles. The fourth-order valence-corrected chi connectivity index (χ4v) is 0.815. The van der Waals surface area contributed by atoms with E-state index >= 15 is 0 Å². The van der Waals surface area contributed by atoms with E-state index < -0.39 is 17.7 Å². The van der Waals surface area contributed by atoms with E-state index in [1.54, 1.807) is 0 Å². The first-order valence-corrected chi connectivity index (χ1v) is 3.23. The molecular weight excluding hydrogens is 166 g/mol. The highest BCUT2D eigenvalue weighted by atomic mass is 19.1. The third kappa shape index (κ3) is 1.65. The molecule has 1 unspecified atom stereocenters. The van der Waals surface area contributed by atoms with Crippen molar-refractivity contribution in [1.29, 1.82) is 0 Å². The first-order chi connectivity index (χ1) is 5.65. The van der Waals surface area contributed by atoms with Gasteiger partial charge in [-0.15, -0.1) is 0 Å². The highest BCUT2D eigenvalue weighted by Gasteiger charge is 2.11. The van der Waals surface area contributed by atoms with Crippen LogP contribution in [0.2, 0.25) is 0 Å². The summed E-state index contributed by atoms with van der Waals surface area (Å²) in [5, 5.41) is 8.87. The van der Waals surface area contributed by atoms with Crippen LogP contribution in [0.5, 0.6) is 0 Å². The van der Waals surface area contributed by atoms with Crippen LogP contribution in [0.15, 0.2) is 18.2 Å². The maximum Gasteiger partial charge on any atom is 0.153 e. The Bertz CT molecular complexity index is 299. The summed E-state index contributed by atoms with van der Waals surface area (Å²) in [5.74, 6) is -1.66. The second kappa shape index (κ2) is 3.40. The number of aliphatic hydroxyl groups excluding tert-OH is 1. The highest BCUT2D eigenvalue weighted by Crippen LogP contribution is 2.15. The van der Waals surface area contributed by atoms with Gasteiger partial charge in [-0.25, -0.2) is 8.78 Å². The van der Waals surface area contributed by atoms with Crippen molar-refractivity contribution in [3.8, 4) is 0 Å². The van der Waals surface area contributed by atoms with Crippen molar-refractivity contribution in [2.24, 2.45) is 0 Å². The van der Waals surface area contributed by atoms with Crippen molar-refractivity contribution in [3.63, 3.8) is 0 Å². The van der Waals surface area contributed by atoms with Gasteiger partial charge in [-0.3, -0.25) is 0 Å². The molecule has 1 rings (SSSR count). The quantitative estimate of drug-likeness (QED) is 0.680. The topological polar surface area (TPSA) is 37.3 Å². The SMILES string of the molecule is O=CC(O)c1ccc(F)cc1F. The Morgan fingerprint density at radius 1 is 1.42 bits per heavy atom. The summed E-state index contributed by atoms with van der Waals surface area (Å²) in [6.07, 6.45) is -1.35. The molecule has 4 heteroatoms. The van der Waals surface area contributed by atoms with E-state index in [9.17, 15) is 13.6 Å². The van der Waals surface area contributed by atoms with Crippen LogP contribution >= 0.6 is 0 Å². The van der Waals surface area contributed by atoms with Crippen molar-refractivity contribution >= 4 is 6.29 Å². The molecule has 0 aliphatic heterocycles. The number of hydrogen-bond donors (Lipinski definition) is 1. The van der Waals surface area contributed by atoms with Crippen LogP contribution in [0.1, 0.15) is 11.7 Å². The van der Waals surface area contributed by atoms with Gasteiger partial charge in [0.15, 0.2) is 6.29 Å². The zero-order chi connectivity index (χ0) is 9.14. The average Bonchev–Trinajstić information content (AvgIpc) is 2.03. The van der Waals surface area contributed by atoms with Crippen LogP contribution in [-0.2, 0) is 4.79 Å². The molecule has 0 amide bonds. The Balaban J connectivity index is 3.09. The first-order valence-electron chi connectivity index (χ1n) is 3.23. The standard InChI is InChI=1S/C8H6F2O2/c9-5-1-2-6(7(10)3-5)8(12)4-11/h1-4,8,12H. The summed E-state index contributed by atoms with van der Waals surface area (Å²) in [5.41, 5.74) is -0.216. The van der Waals surface area contributed by atoms with E-state index in [0.29, 0.717) is 6.07 Å². The van der Waals surface area contributed by atoms with Crippen LogP contribution in [-0.4, -0.2) is 11.4 Å². The zero-order valence-electron chi connectivity index (χ0n) is 6.00. The maximum absolute atomic E-state index is 12.7. The van der Waals surface area contributed by atoms with E-state index in [4.69, 9.17) is 5.11 Å². The van der Waals surface area contributed by atoms with E-state index in [1.807, 2.05) is 0 Å². The molecule has 0 bridgehead atoms. The molecule has 1 N–H and O–H groups in total. The highest BCUT2D eigenvalue weighted by molar-refractivity contribution is 5.59. The third-order valence-electron chi connectivity index (χ3n) is 1.41. The van der Waals surface area contributed by atoms with E-state index in [0.717, 1.165) is 12.1 Å². The van der Waals surface area contributed by atoms with Crippen LogP contribution in [0.25, 0.3) is 0 Å². The molecule has 0 radical (unpaired) electrons. The van der Waals surface area contributed by atoms with Crippen LogP contribution < -0.4 is 0 Å². The van der Waals surface area contributed by atoms with Gasteiger partial charge in [0.2, 0.25) is 0 Å². The van der Waals surface area contributed by atoms with E-state index in [-0.39, 0.29) is 11.8 Å². The molecule has 0 aliphatic rings. The number of carbonyl (C=O) groups is 1. The van der Waals surface area contributed by atoms with Crippen molar-refractivity contribution < 1.29 is 18.7 Å². The number of aldehydes is 1. The number of aliphatic hydroxyl groups is 1. The van der Waals surface area contributed by atoms with Crippen LogP contribution in [0.4, 0.5) is 8.78 Å². The lowest BCUT2D eigenvalue weighted by Gasteiger charge is -2.03. The van der Waals surface area contributed by atoms with Crippen LogP contribution in [0.3, 0.4) is 0 Å². The second-order valence-corrected chi connectivity index (χ2v) is 2.25. The Morgan fingerprint density at radius 3 is 2.58 bits per heavy atom. The molecule has 0 heterocycles. The van der Waals surface area contributed by atoms with Gasteiger partial charge in [0.25, 0.3) is 0 Å². The predicted molar refractivity (Wildman–Crippen MR) is 37.4 cm³/mol. The van der Waals surface area contributed by atoms with Crippen LogP contribution in [0, 0.1) is 11.6 Å². The van der Waals surface area contributed by atoms with Crippen molar-refractivity contribution in [2.75, 3.05) is 0 Å². The van der Waals surface area contributed by atoms with Gasteiger partial charge in [-0.2, -0.15) is 0 Å². The van der Waals surface area contributed by atoms with E-state index in [1.165, 1.54) is 0 Å². The number of carbonyl (C=O) groups excluding carboxylic acids is 1. The van der Waals surface area contributed by atoms with Crippen molar-refractivity contribution in [1.82, 2.24) is 0 Å². The van der Waals surface area contributed by atoms with Gasteiger partial charge in [-0.05, 0) is 6.07 Å². The van der Waals surface area contributed by atoms with Gasteiger partial charge >= 0.3 is 0 Å². The minimum atomic E-state index is -1.52. The Labute approximate surface area is 67.4 Å². The minimum Gasteiger partial charge on any atom is -0.381 e. The van der Waals surface area contributed by atoms with E-state index in [2.05, 4.69) is 0 Å². The van der Waals surface area contributed by atoms with Gasteiger partial charge in [-0.1, -0.05) is 6.07 Å². The summed E-state index contributed by atoms with van der Waals surface area (Å²) >= 11 is 0. The largest absolute Gasteiger partial charge is 0.381 e. The summed E-state index contributed by atoms with van der Waals surface area (Å²) in [4.78, 5) is 10.0. The summed E-state index contributed by atoms with van der Waals surface area (Å²) in [7, 11) is 0. The molecule has 0 saturated heterocycles. The fraction of sp³-hybridized carbons (Fsp3) is 0.125. The molecule has 0 aliphatic carbocycles.